The lowest BCUT2D eigenvalue weighted by molar-refractivity contribution is -0.137. The van der Waals surface area contributed by atoms with Crippen molar-refractivity contribution in [3.8, 4) is 5.69 Å². The average molecular weight is 319 g/mol. The van der Waals surface area contributed by atoms with Gasteiger partial charge in [0.2, 0.25) is 0 Å². The van der Waals surface area contributed by atoms with Crippen LogP contribution in [0.15, 0.2) is 35.1 Å². The van der Waals surface area contributed by atoms with Crippen LogP contribution in [0.3, 0.4) is 0 Å². The fourth-order valence-corrected chi connectivity index (χ4v) is 1.82. The van der Waals surface area contributed by atoms with E-state index in [1.54, 1.807) is 0 Å². The molecule has 0 aliphatic heterocycles. The van der Waals surface area contributed by atoms with Crippen molar-refractivity contribution < 1.29 is 18.0 Å². The third kappa shape index (κ3) is 2.45. The lowest BCUT2D eigenvalue weighted by Crippen LogP contribution is -2.03. The maximum atomic E-state index is 12.4. The van der Waals surface area contributed by atoms with Crippen LogP contribution in [0.4, 0.5) is 13.2 Å². The number of hydrogen-bond donors (Lipinski definition) is 0. The molecule has 2 aromatic rings. The highest BCUT2D eigenvalue weighted by Gasteiger charge is 2.32. The summed E-state index contributed by atoms with van der Waals surface area (Å²) in [4.78, 5) is 10.6. The molecule has 18 heavy (non-hydrogen) atoms. The fraction of sp³-hybridized carbons (Fsp3) is 0.0909. The maximum absolute atomic E-state index is 12.4. The number of hydrogen-bond acceptors (Lipinski definition) is 2. The van der Waals surface area contributed by atoms with Crippen LogP contribution in [0.1, 0.15) is 15.9 Å². The number of aldehydes is 1. The highest BCUT2D eigenvalue weighted by Crippen LogP contribution is 2.29. The Labute approximate surface area is 108 Å². The molecule has 0 unspecified atom stereocenters. The van der Waals surface area contributed by atoms with E-state index in [0.29, 0.717) is 22.0 Å². The van der Waals surface area contributed by atoms with Crippen molar-refractivity contribution in [3.05, 3.63) is 46.2 Å². The first-order valence-corrected chi connectivity index (χ1v) is 5.58. The third-order valence-corrected chi connectivity index (χ3v) is 2.97. The van der Waals surface area contributed by atoms with Crippen molar-refractivity contribution >= 4 is 22.2 Å². The number of carbonyl (C=O) groups excluding carboxylic acids is 1. The van der Waals surface area contributed by atoms with E-state index in [1.165, 1.54) is 18.2 Å². The zero-order valence-corrected chi connectivity index (χ0v) is 10.4. The first-order chi connectivity index (χ1) is 8.41. The van der Waals surface area contributed by atoms with Crippen LogP contribution in [0.5, 0.6) is 0 Å². The first-order valence-electron chi connectivity index (χ1n) is 4.79. The van der Waals surface area contributed by atoms with Gasteiger partial charge in [-0.15, -0.1) is 0 Å². The third-order valence-electron chi connectivity index (χ3n) is 2.29. The van der Waals surface area contributed by atoms with Crippen LogP contribution in [0.2, 0.25) is 0 Å². The summed E-state index contributed by atoms with van der Waals surface area (Å²) in [5.41, 5.74) is 0.0306. The van der Waals surface area contributed by atoms with Gasteiger partial charge in [0.1, 0.15) is 0 Å². The second kappa shape index (κ2) is 4.56. The quantitative estimate of drug-likeness (QED) is 0.795. The van der Waals surface area contributed by atoms with Crippen LogP contribution in [-0.4, -0.2) is 16.1 Å². The van der Waals surface area contributed by atoms with Gasteiger partial charge in [-0.3, -0.25) is 4.79 Å². The van der Waals surface area contributed by atoms with Crippen LogP contribution in [0, 0.1) is 0 Å². The predicted octanol–water partition coefficient (Wildman–Crippen LogP) is 3.47. The molecule has 0 aliphatic rings. The Balaban J connectivity index is 2.40. The van der Waals surface area contributed by atoms with Gasteiger partial charge in [-0.1, -0.05) is 0 Å². The van der Waals surface area contributed by atoms with Crippen LogP contribution in [0.25, 0.3) is 5.69 Å². The van der Waals surface area contributed by atoms with E-state index < -0.39 is 11.7 Å². The van der Waals surface area contributed by atoms with E-state index in [0.717, 1.165) is 17.1 Å². The van der Waals surface area contributed by atoms with Crippen molar-refractivity contribution in [1.82, 2.24) is 9.78 Å². The zero-order valence-electron chi connectivity index (χ0n) is 8.78. The van der Waals surface area contributed by atoms with Crippen molar-refractivity contribution in [3.63, 3.8) is 0 Å². The standard InChI is InChI=1S/C11H6BrF3N2O/c12-10-3-9(2-1-7(10)6-18)17-5-8(4-16-17)11(13,14)15/h1-6H. The molecule has 0 atom stereocenters. The van der Waals surface area contributed by atoms with Gasteiger partial charge < -0.3 is 0 Å². The van der Waals surface area contributed by atoms with Gasteiger partial charge >= 0.3 is 6.18 Å². The molecule has 0 radical (unpaired) electrons. The largest absolute Gasteiger partial charge is 0.419 e. The molecule has 0 aliphatic carbocycles. The summed E-state index contributed by atoms with van der Waals surface area (Å²) in [6.07, 6.45) is -2.12. The van der Waals surface area contributed by atoms with Gasteiger partial charge in [0, 0.05) is 16.2 Å². The molecule has 3 nitrogen and oxygen atoms in total. The molecule has 0 spiro atoms. The number of rotatable bonds is 2. The minimum Gasteiger partial charge on any atom is -0.298 e. The van der Waals surface area contributed by atoms with E-state index in [-0.39, 0.29) is 0 Å². The monoisotopic (exact) mass is 318 g/mol. The highest BCUT2D eigenvalue weighted by atomic mass is 79.9. The zero-order chi connectivity index (χ0) is 13.3. The highest BCUT2D eigenvalue weighted by molar-refractivity contribution is 9.10. The fourth-order valence-electron chi connectivity index (χ4n) is 1.36. The molecule has 1 heterocycles. The topological polar surface area (TPSA) is 34.9 Å². The SMILES string of the molecule is O=Cc1ccc(-n2cc(C(F)(F)F)cn2)cc1Br. The van der Waals surface area contributed by atoms with Crippen LogP contribution >= 0.6 is 15.9 Å². The van der Waals surface area contributed by atoms with E-state index in [2.05, 4.69) is 21.0 Å². The minimum atomic E-state index is -4.42. The second-order valence-corrected chi connectivity index (χ2v) is 4.35. The average Bonchev–Trinajstić information content (AvgIpc) is 2.77. The van der Waals surface area contributed by atoms with Gasteiger partial charge in [-0.2, -0.15) is 18.3 Å². The molecule has 2 rings (SSSR count). The van der Waals surface area contributed by atoms with Gasteiger partial charge in [0.15, 0.2) is 6.29 Å². The van der Waals surface area contributed by atoms with Crippen LogP contribution in [-0.2, 0) is 6.18 Å². The molecule has 0 saturated carbocycles. The Hall–Kier alpha value is -1.63. The van der Waals surface area contributed by atoms with Gasteiger partial charge in [-0.05, 0) is 34.1 Å². The number of carbonyl (C=O) groups is 1. The summed E-state index contributed by atoms with van der Waals surface area (Å²) in [5.74, 6) is 0. The number of halogens is 4. The smallest absolute Gasteiger partial charge is 0.298 e. The molecule has 0 saturated heterocycles. The van der Waals surface area contributed by atoms with Crippen molar-refractivity contribution in [2.75, 3.05) is 0 Å². The lowest BCUT2D eigenvalue weighted by Gasteiger charge is -2.04. The summed E-state index contributed by atoms with van der Waals surface area (Å²) in [5, 5.41) is 3.64. The first kappa shape index (κ1) is 12.8. The lowest BCUT2D eigenvalue weighted by atomic mass is 10.2. The molecular weight excluding hydrogens is 313 g/mol. The van der Waals surface area contributed by atoms with Gasteiger partial charge in [-0.25, -0.2) is 4.68 Å². The Kier molecular flexibility index (Phi) is 3.25. The van der Waals surface area contributed by atoms with Crippen LogP contribution < -0.4 is 0 Å². The van der Waals surface area contributed by atoms with Crippen molar-refractivity contribution in [2.45, 2.75) is 6.18 Å². The molecule has 7 heteroatoms. The molecular formula is C11H6BrF3N2O. The molecule has 0 fully saturated rings. The van der Waals surface area contributed by atoms with Crippen molar-refractivity contribution in [2.24, 2.45) is 0 Å². The van der Waals surface area contributed by atoms with Gasteiger partial charge in [0.05, 0.1) is 17.4 Å². The molecule has 0 amide bonds. The summed E-state index contributed by atoms with van der Waals surface area (Å²) in [7, 11) is 0. The second-order valence-electron chi connectivity index (χ2n) is 3.50. The normalized spacial score (nSPS) is 11.6. The summed E-state index contributed by atoms with van der Waals surface area (Å²) in [6.45, 7) is 0. The molecule has 94 valence electrons. The number of benzene rings is 1. The Morgan fingerprint density at radius 2 is 2.06 bits per heavy atom. The Morgan fingerprint density at radius 3 is 2.56 bits per heavy atom. The van der Waals surface area contributed by atoms with E-state index in [9.17, 15) is 18.0 Å². The maximum Gasteiger partial charge on any atom is 0.419 e. The Morgan fingerprint density at radius 1 is 1.33 bits per heavy atom. The molecule has 0 N–H and O–H groups in total. The summed E-state index contributed by atoms with van der Waals surface area (Å²) < 4.78 is 38.8. The van der Waals surface area contributed by atoms with E-state index >= 15 is 0 Å². The minimum absolute atomic E-state index is 0.418. The number of aromatic nitrogens is 2. The molecule has 0 bridgehead atoms. The molecule has 1 aromatic carbocycles. The number of alkyl halides is 3. The Bertz CT molecular complexity index is 592. The van der Waals surface area contributed by atoms with E-state index in [4.69, 9.17) is 0 Å². The number of nitrogens with zero attached hydrogens (tertiary/aromatic N) is 2. The van der Waals surface area contributed by atoms with E-state index in [1.807, 2.05) is 0 Å². The van der Waals surface area contributed by atoms with Gasteiger partial charge in [0.25, 0.3) is 0 Å². The molecule has 1 aromatic heterocycles. The summed E-state index contributed by atoms with van der Waals surface area (Å²) in [6, 6.07) is 4.54. The van der Waals surface area contributed by atoms with Crippen molar-refractivity contribution in [1.29, 1.82) is 0 Å². The predicted molar refractivity (Wildman–Crippen MR) is 61.7 cm³/mol. The summed E-state index contributed by atoms with van der Waals surface area (Å²) >= 11 is 3.16.